The molecule has 0 saturated heterocycles. The third kappa shape index (κ3) is 4.56. The summed E-state index contributed by atoms with van der Waals surface area (Å²) < 4.78 is 0. The number of nitrogens with one attached hydrogen (secondary N) is 1. The van der Waals surface area contributed by atoms with Crippen molar-refractivity contribution in [1.82, 2.24) is 5.32 Å². The molecule has 0 spiro atoms. The fourth-order valence-electron chi connectivity index (χ4n) is 4.68. The summed E-state index contributed by atoms with van der Waals surface area (Å²) in [6.45, 7) is 3.04. The maximum atomic E-state index is 11.8. The molecule has 1 aliphatic heterocycles. The molecule has 3 heteroatoms. The lowest BCUT2D eigenvalue weighted by Gasteiger charge is -2.32. The van der Waals surface area contributed by atoms with E-state index in [2.05, 4.69) is 54.7 Å². The van der Waals surface area contributed by atoms with E-state index < -0.39 is 5.72 Å². The molecule has 154 valence electrons. The van der Waals surface area contributed by atoms with Crippen LogP contribution in [-0.2, 0) is 12.1 Å². The number of aliphatic hydroxyl groups is 1. The minimum atomic E-state index is -1.05. The number of amidine groups is 1. The summed E-state index contributed by atoms with van der Waals surface area (Å²) in [5.41, 5.74) is 5.26. The van der Waals surface area contributed by atoms with Crippen LogP contribution in [0.3, 0.4) is 0 Å². The molecule has 0 amide bonds. The second kappa shape index (κ2) is 9.13. The van der Waals surface area contributed by atoms with E-state index in [1.165, 1.54) is 41.5 Å². The summed E-state index contributed by atoms with van der Waals surface area (Å²) in [6, 6.07) is 15.2. The Balaban J connectivity index is 1.61. The highest BCUT2D eigenvalue weighted by molar-refractivity contribution is 5.83. The van der Waals surface area contributed by atoms with Gasteiger partial charge in [0.25, 0.3) is 0 Å². The lowest BCUT2D eigenvalue weighted by molar-refractivity contribution is 0.00867. The largest absolute Gasteiger partial charge is 0.367 e. The Hall–Kier alpha value is -2.13. The molecule has 0 saturated carbocycles. The monoisotopic (exact) mass is 390 g/mol. The Kier molecular flexibility index (Phi) is 6.34. The molecule has 2 N–H and O–H groups in total. The molecule has 1 unspecified atom stereocenters. The van der Waals surface area contributed by atoms with Gasteiger partial charge in [-0.1, -0.05) is 75.1 Å². The molecule has 0 aromatic heterocycles. The quantitative estimate of drug-likeness (QED) is 0.530. The highest BCUT2D eigenvalue weighted by Crippen LogP contribution is 2.38. The summed E-state index contributed by atoms with van der Waals surface area (Å²) >= 11 is 0. The molecule has 4 rings (SSSR count). The van der Waals surface area contributed by atoms with Crippen LogP contribution in [0.2, 0.25) is 0 Å². The molecule has 2 aromatic rings. The Labute approximate surface area is 175 Å². The van der Waals surface area contributed by atoms with E-state index in [0.717, 1.165) is 56.5 Å². The predicted octanol–water partition coefficient (Wildman–Crippen LogP) is 5.94. The first kappa shape index (κ1) is 20.2. The second-order valence-electron chi connectivity index (χ2n) is 8.64. The van der Waals surface area contributed by atoms with E-state index in [1.807, 2.05) is 0 Å². The Morgan fingerprint density at radius 2 is 1.76 bits per heavy atom. The SMILES string of the molecule is CCCCC(O)(NC1=NCCCCCCC1)c1ccc2c(c1)Cc1ccccc1-2. The van der Waals surface area contributed by atoms with Crippen molar-refractivity contribution in [2.75, 3.05) is 6.54 Å². The first-order valence-corrected chi connectivity index (χ1v) is 11.5. The molecule has 0 bridgehead atoms. The van der Waals surface area contributed by atoms with Gasteiger partial charge in [0.05, 0.1) is 5.84 Å². The first-order chi connectivity index (χ1) is 14.2. The third-order valence-electron chi connectivity index (χ3n) is 6.39. The Morgan fingerprint density at radius 3 is 2.66 bits per heavy atom. The van der Waals surface area contributed by atoms with Crippen LogP contribution in [0.15, 0.2) is 47.5 Å². The minimum absolute atomic E-state index is 0.703. The average Bonchev–Trinajstić information content (AvgIpc) is 3.16. The van der Waals surface area contributed by atoms with Gasteiger partial charge in [0.1, 0.15) is 0 Å². The standard InChI is InChI=1S/C26H34N2O/c1-2-3-16-26(29,28-25-13-7-5-4-6-10-17-27-25)22-14-15-24-21(19-22)18-20-11-8-9-12-23(20)24/h8-9,11-12,14-15,19,29H,2-7,10,13,16-18H2,1H3,(H,27,28). The molecule has 2 aromatic carbocycles. The van der Waals surface area contributed by atoms with Gasteiger partial charge in [-0.3, -0.25) is 4.99 Å². The summed E-state index contributed by atoms with van der Waals surface area (Å²) in [6.07, 6.45) is 10.7. The number of unbranched alkanes of at least 4 members (excludes halogenated alkanes) is 1. The fourth-order valence-corrected chi connectivity index (χ4v) is 4.68. The Morgan fingerprint density at radius 1 is 0.966 bits per heavy atom. The lowest BCUT2D eigenvalue weighted by Crippen LogP contribution is -2.46. The van der Waals surface area contributed by atoms with Crippen LogP contribution in [0.25, 0.3) is 11.1 Å². The van der Waals surface area contributed by atoms with E-state index in [9.17, 15) is 5.11 Å². The number of rotatable bonds is 5. The number of fused-ring (bicyclic) bond motifs is 3. The molecular weight excluding hydrogens is 356 g/mol. The van der Waals surface area contributed by atoms with Gasteiger partial charge >= 0.3 is 0 Å². The van der Waals surface area contributed by atoms with E-state index in [0.29, 0.717) is 6.42 Å². The van der Waals surface area contributed by atoms with Crippen molar-refractivity contribution in [3.8, 4) is 11.1 Å². The van der Waals surface area contributed by atoms with Crippen molar-refractivity contribution >= 4 is 5.84 Å². The van der Waals surface area contributed by atoms with E-state index in [1.54, 1.807) is 0 Å². The maximum absolute atomic E-state index is 11.8. The van der Waals surface area contributed by atoms with Crippen molar-refractivity contribution in [3.05, 3.63) is 59.2 Å². The number of hydrogen-bond acceptors (Lipinski definition) is 3. The summed E-state index contributed by atoms with van der Waals surface area (Å²) in [7, 11) is 0. The zero-order valence-corrected chi connectivity index (χ0v) is 17.7. The van der Waals surface area contributed by atoms with Crippen molar-refractivity contribution in [2.24, 2.45) is 4.99 Å². The van der Waals surface area contributed by atoms with E-state index >= 15 is 0 Å². The van der Waals surface area contributed by atoms with Gasteiger partial charge in [-0.25, -0.2) is 0 Å². The van der Waals surface area contributed by atoms with Gasteiger partial charge in [0.2, 0.25) is 0 Å². The number of aliphatic imine (C=N–C) groups is 1. The van der Waals surface area contributed by atoms with E-state index in [4.69, 9.17) is 4.99 Å². The van der Waals surface area contributed by atoms with E-state index in [-0.39, 0.29) is 0 Å². The second-order valence-corrected chi connectivity index (χ2v) is 8.64. The van der Waals surface area contributed by atoms with Gasteiger partial charge in [0.15, 0.2) is 5.72 Å². The van der Waals surface area contributed by atoms with Crippen LogP contribution in [0.1, 0.15) is 81.4 Å². The molecule has 2 aliphatic rings. The summed E-state index contributed by atoms with van der Waals surface area (Å²) in [5, 5.41) is 15.3. The zero-order valence-electron chi connectivity index (χ0n) is 17.7. The van der Waals surface area contributed by atoms with Crippen LogP contribution >= 0.6 is 0 Å². The Bertz CT molecular complexity index is 873. The molecule has 1 atom stereocenters. The van der Waals surface area contributed by atoms with Crippen LogP contribution in [0.4, 0.5) is 0 Å². The van der Waals surface area contributed by atoms with Gasteiger partial charge in [-0.15, -0.1) is 0 Å². The molecule has 29 heavy (non-hydrogen) atoms. The predicted molar refractivity (Wildman–Crippen MR) is 121 cm³/mol. The minimum Gasteiger partial charge on any atom is -0.367 e. The fraction of sp³-hybridized carbons (Fsp3) is 0.500. The van der Waals surface area contributed by atoms with Crippen molar-refractivity contribution in [2.45, 2.75) is 76.9 Å². The smallest absolute Gasteiger partial charge is 0.162 e. The number of benzene rings is 2. The molecule has 1 aliphatic carbocycles. The van der Waals surface area contributed by atoms with Gasteiger partial charge < -0.3 is 10.4 Å². The molecule has 1 heterocycles. The number of nitrogens with zero attached hydrogens (tertiary/aromatic N) is 1. The summed E-state index contributed by atoms with van der Waals surface area (Å²) in [5.74, 6) is 0.981. The maximum Gasteiger partial charge on any atom is 0.162 e. The molecule has 0 radical (unpaired) electrons. The summed E-state index contributed by atoms with van der Waals surface area (Å²) in [4.78, 5) is 4.81. The van der Waals surface area contributed by atoms with Crippen molar-refractivity contribution in [3.63, 3.8) is 0 Å². The zero-order chi connectivity index (χ0) is 20.1. The van der Waals surface area contributed by atoms with Crippen molar-refractivity contribution in [1.29, 1.82) is 0 Å². The molecule has 3 nitrogen and oxygen atoms in total. The average molecular weight is 391 g/mol. The molecular formula is C26H34N2O. The lowest BCUT2D eigenvalue weighted by atomic mass is 9.93. The van der Waals surface area contributed by atoms with Crippen molar-refractivity contribution < 1.29 is 5.11 Å². The van der Waals surface area contributed by atoms with Gasteiger partial charge in [-0.2, -0.15) is 0 Å². The topological polar surface area (TPSA) is 44.6 Å². The van der Waals surface area contributed by atoms with Crippen LogP contribution in [0.5, 0.6) is 0 Å². The van der Waals surface area contributed by atoms with Crippen LogP contribution in [0, 0.1) is 0 Å². The van der Waals surface area contributed by atoms with Crippen LogP contribution in [-0.4, -0.2) is 17.5 Å². The van der Waals surface area contributed by atoms with Crippen LogP contribution < -0.4 is 5.32 Å². The van der Waals surface area contributed by atoms with Gasteiger partial charge in [-0.05, 0) is 54.4 Å². The highest BCUT2D eigenvalue weighted by Gasteiger charge is 2.31. The normalized spacial score (nSPS) is 18.5. The number of hydrogen-bond donors (Lipinski definition) is 2. The van der Waals surface area contributed by atoms with Gasteiger partial charge in [0, 0.05) is 18.5 Å². The molecule has 0 fully saturated rings. The highest BCUT2D eigenvalue weighted by atomic mass is 16.3. The third-order valence-corrected chi connectivity index (χ3v) is 6.39. The first-order valence-electron chi connectivity index (χ1n) is 11.5.